The molecule has 0 unspecified atom stereocenters. The first-order chi connectivity index (χ1) is 3.39. The van der Waals surface area contributed by atoms with Crippen LogP contribution in [0.25, 0.3) is 0 Å². The van der Waals surface area contributed by atoms with Crippen LogP contribution in [0.5, 0.6) is 0 Å². The molecule has 0 aromatic heterocycles. The summed E-state index contributed by atoms with van der Waals surface area (Å²) in [6.07, 6.45) is 0. The van der Waals surface area contributed by atoms with Gasteiger partial charge in [-0.25, -0.2) is 0 Å². The monoisotopic (exact) mass is 140 g/mol. The highest BCUT2D eigenvalue weighted by Gasteiger charge is 1.73. The molecule has 0 nitrogen and oxygen atoms in total. The molecule has 0 aliphatic rings. The Labute approximate surface area is 65.5 Å². The SMILES string of the molecule is Sc1ccccc1.[AlH3]. The van der Waals surface area contributed by atoms with E-state index in [0.717, 1.165) is 4.90 Å². The normalized spacial score (nSPS) is 7.62. The maximum Gasteiger partial charge on any atom is 0.187 e. The summed E-state index contributed by atoms with van der Waals surface area (Å²) in [6, 6.07) is 9.79. The predicted octanol–water partition coefficient (Wildman–Crippen LogP) is 0.791. The van der Waals surface area contributed by atoms with E-state index in [1.165, 1.54) is 0 Å². The van der Waals surface area contributed by atoms with E-state index in [1.54, 1.807) is 0 Å². The minimum Gasteiger partial charge on any atom is -0.143 e. The minimum absolute atomic E-state index is 0. The Morgan fingerprint density at radius 2 is 1.50 bits per heavy atom. The second kappa shape index (κ2) is 4.03. The third-order valence-electron chi connectivity index (χ3n) is 0.756. The molecule has 42 valence electrons. The number of rotatable bonds is 0. The number of hydrogen-bond acceptors (Lipinski definition) is 1. The molecule has 1 rings (SSSR count). The Hall–Kier alpha value is 0.102. The van der Waals surface area contributed by atoms with Crippen molar-refractivity contribution in [3.8, 4) is 0 Å². The van der Waals surface area contributed by atoms with Crippen molar-refractivity contribution in [1.29, 1.82) is 0 Å². The van der Waals surface area contributed by atoms with Gasteiger partial charge < -0.3 is 0 Å². The van der Waals surface area contributed by atoms with Crippen LogP contribution in [0.4, 0.5) is 0 Å². The van der Waals surface area contributed by atoms with E-state index in [2.05, 4.69) is 12.6 Å². The third-order valence-corrected chi connectivity index (χ3v) is 1.05. The van der Waals surface area contributed by atoms with E-state index in [9.17, 15) is 0 Å². The van der Waals surface area contributed by atoms with Gasteiger partial charge in [0.25, 0.3) is 0 Å². The maximum atomic E-state index is 4.08. The molecule has 0 amide bonds. The Balaban J connectivity index is 0.000000490. The van der Waals surface area contributed by atoms with Crippen LogP contribution in [0.1, 0.15) is 0 Å². The third kappa shape index (κ3) is 2.42. The van der Waals surface area contributed by atoms with Crippen LogP contribution in [-0.4, -0.2) is 17.4 Å². The van der Waals surface area contributed by atoms with E-state index in [0.29, 0.717) is 0 Å². The van der Waals surface area contributed by atoms with Gasteiger partial charge in [-0.2, -0.15) is 0 Å². The van der Waals surface area contributed by atoms with Crippen LogP contribution in [0, 0.1) is 0 Å². The molecule has 0 saturated heterocycles. The molecule has 0 atom stereocenters. The first kappa shape index (κ1) is 8.10. The molecule has 0 spiro atoms. The van der Waals surface area contributed by atoms with Crippen molar-refractivity contribution >= 4 is 30.0 Å². The summed E-state index contributed by atoms with van der Waals surface area (Å²) in [5.74, 6) is 0. The lowest BCUT2D eigenvalue weighted by molar-refractivity contribution is 1.48. The molecule has 0 aliphatic heterocycles. The van der Waals surface area contributed by atoms with Gasteiger partial charge >= 0.3 is 0 Å². The molecule has 0 fully saturated rings. The van der Waals surface area contributed by atoms with Crippen molar-refractivity contribution < 1.29 is 0 Å². The van der Waals surface area contributed by atoms with Crippen molar-refractivity contribution in [2.45, 2.75) is 4.90 Å². The summed E-state index contributed by atoms with van der Waals surface area (Å²) >= 11 is 4.08. The molecule has 0 aliphatic carbocycles. The Kier molecular flexibility index (Phi) is 4.08. The zero-order valence-corrected chi connectivity index (χ0v) is 4.73. The average molecular weight is 140 g/mol. The lowest BCUT2D eigenvalue weighted by Gasteiger charge is -1.81. The van der Waals surface area contributed by atoms with E-state index >= 15 is 0 Å². The van der Waals surface area contributed by atoms with Gasteiger partial charge in [0, 0.05) is 4.90 Å². The second-order valence-corrected chi connectivity index (χ2v) is 1.85. The number of thiol groups is 1. The zero-order chi connectivity index (χ0) is 5.11. The Bertz CT molecular complexity index is 138. The van der Waals surface area contributed by atoms with Crippen LogP contribution in [-0.2, 0) is 0 Å². The van der Waals surface area contributed by atoms with Crippen LogP contribution < -0.4 is 0 Å². The predicted molar refractivity (Wildman–Crippen MR) is 43.6 cm³/mol. The van der Waals surface area contributed by atoms with Gasteiger partial charge in [-0.1, -0.05) is 18.2 Å². The maximum absolute atomic E-state index is 4.08. The molecule has 0 N–H and O–H groups in total. The summed E-state index contributed by atoms with van der Waals surface area (Å²) in [7, 11) is 0. The molecule has 0 bridgehead atoms. The number of benzene rings is 1. The fourth-order valence-corrected chi connectivity index (χ4v) is 0.600. The lowest BCUT2D eigenvalue weighted by Crippen LogP contribution is -1.56. The molecule has 0 heterocycles. The van der Waals surface area contributed by atoms with E-state index in [-0.39, 0.29) is 17.4 Å². The summed E-state index contributed by atoms with van der Waals surface area (Å²) in [6.45, 7) is 0. The largest absolute Gasteiger partial charge is 0.187 e. The van der Waals surface area contributed by atoms with Gasteiger partial charge in [0.15, 0.2) is 17.4 Å². The molecule has 8 heavy (non-hydrogen) atoms. The van der Waals surface area contributed by atoms with Crippen LogP contribution in [0.2, 0.25) is 0 Å². The highest BCUT2D eigenvalue weighted by Crippen LogP contribution is 2.00. The molecule has 1 aromatic carbocycles. The molecule has 1 aromatic rings. The van der Waals surface area contributed by atoms with Crippen molar-refractivity contribution in [1.82, 2.24) is 0 Å². The zero-order valence-electron chi connectivity index (χ0n) is 3.83. The summed E-state index contributed by atoms with van der Waals surface area (Å²) < 4.78 is 0. The van der Waals surface area contributed by atoms with Crippen molar-refractivity contribution in [3.05, 3.63) is 30.3 Å². The molecule has 0 saturated carbocycles. The van der Waals surface area contributed by atoms with Crippen LogP contribution >= 0.6 is 12.6 Å². The highest BCUT2D eigenvalue weighted by atomic mass is 32.1. The fraction of sp³-hybridized carbons (Fsp3) is 0. The second-order valence-electron chi connectivity index (χ2n) is 1.34. The fourth-order valence-electron chi connectivity index (χ4n) is 0.428. The average Bonchev–Trinajstić information content (AvgIpc) is 1.69. The van der Waals surface area contributed by atoms with Gasteiger partial charge in [-0.05, 0) is 12.1 Å². The topological polar surface area (TPSA) is 0 Å². The van der Waals surface area contributed by atoms with E-state index in [4.69, 9.17) is 0 Å². The smallest absolute Gasteiger partial charge is 0.143 e. The molecule has 0 radical (unpaired) electrons. The Morgan fingerprint density at radius 1 is 1.00 bits per heavy atom. The summed E-state index contributed by atoms with van der Waals surface area (Å²) in [5.41, 5.74) is 0. The first-order valence-corrected chi connectivity index (χ1v) is 2.58. The molecule has 2 heteroatoms. The van der Waals surface area contributed by atoms with Gasteiger partial charge in [-0.15, -0.1) is 12.6 Å². The minimum atomic E-state index is 0. The standard InChI is InChI=1S/C6H6S.Al.3H/c7-6-4-2-1-3-5-6;;;;/h1-5,7H;;;;. The van der Waals surface area contributed by atoms with Crippen molar-refractivity contribution in [3.63, 3.8) is 0 Å². The van der Waals surface area contributed by atoms with Crippen LogP contribution in [0.3, 0.4) is 0 Å². The lowest BCUT2D eigenvalue weighted by atomic mass is 10.4. The van der Waals surface area contributed by atoms with Gasteiger partial charge in [-0.3, -0.25) is 0 Å². The van der Waals surface area contributed by atoms with E-state index < -0.39 is 0 Å². The first-order valence-electron chi connectivity index (χ1n) is 2.13. The highest BCUT2D eigenvalue weighted by molar-refractivity contribution is 7.80. The van der Waals surface area contributed by atoms with Gasteiger partial charge in [0.1, 0.15) is 0 Å². The number of hydrogen-bond donors (Lipinski definition) is 1. The van der Waals surface area contributed by atoms with Gasteiger partial charge in [0.05, 0.1) is 0 Å². The summed E-state index contributed by atoms with van der Waals surface area (Å²) in [5, 5.41) is 0. The van der Waals surface area contributed by atoms with Crippen molar-refractivity contribution in [2.75, 3.05) is 0 Å². The molecular formula is C6H9AlS. The van der Waals surface area contributed by atoms with E-state index in [1.807, 2.05) is 30.3 Å². The molecular weight excluding hydrogens is 131 g/mol. The van der Waals surface area contributed by atoms with Gasteiger partial charge in [0.2, 0.25) is 0 Å². The Morgan fingerprint density at radius 3 is 1.75 bits per heavy atom. The van der Waals surface area contributed by atoms with Crippen LogP contribution in [0.15, 0.2) is 35.2 Å². The summed E-state index contributed by atoms with van der Waals surface area (Å²) in [4.78, 5) is 1.02. The van der Waals surface area contributed by atoms with Crippen molar-refractivity contribution in [2.24, 2.45) is 0 Å². The quantitative estimate of drug-likeness (QED) is 0.400.